The van der Waals surface area contributed by atoms with Gasteiger partial charge in [-0.15, -0.1) is 0 Å². The number of aromatic nitrogens is 3. The Bertz CT molecular complexity index is 999. The predicted octanol–water partition coefficient (Wildman–Crippen LogP) is 2.72. The Kier molecular flexibility index (Phi) is 6.17. The van der Waals surface area contributed by atoms with Crippen molar-refractivity contribution in [2.45, 2.75) is 32.4 Å². The van der Waals surface area contributed by atoms with Crippen LogP contribution in [0.2, 0.25) is 0 Å². The molecule has 7 nitrogen and oxygen atoms in total. The molecule has 3 heterocycles. The summed E-state index contributed by atoms with van der Waals surface area (Å²) in [5.74, 6) is 0.631. The molecule has 0 radical (unpaired) electrons. The molecule has 1 aliphatic heterocycles. The Morgan fingerprint density at radius 3 is 2.72 bits per heavy atom. The highest BCUT2D eigenvalue weighted by atomic mass is 16.5. The number of anilines is 2. The van der Waals surface area contributed by atoms with Crippen molar-refractivity contribution in [2.24, 2.45) is 0 Å². The molecule has 0 saturated carbocycles. The number of para-hydroxylation sites is 1. The van der Waals surface area contributed by atoms with Crippen molar-refractivity contribution < 1.29 is 4.74 Å². The molecule has 7 heteroatoms. The van der Waals surface area contributed by atoms with Crippen molar-refractivity contribution in [1.82, 2.24) is 19.9 Å². The summed E-state index contributed by atoms with van der Waals surface area (Å²) in [5.41, 5.74) is 1.64. The normalized spacial score (nSPS) is 14.9. The number of fused-ring (bicyclic) bond motifs is 1. The van der Waals surface area contributed by atoms with Gasteiger partial charge in [-0.2, -0.15) is 4.98 Å². The van der Waals surface area contributed by atoms with Crippen LogP contribution >= 0.6 is 0 Å². The van der Waals surface area contributed by atoms with Crippen LogP contribution in [-0.4, -0.2) is 46.9 Å². The molecule has 1 N–H and O–H groups in total. The molecule has 1 fully saturated rings. The van der Waals surface area contributed by atoms with Crippen molar-refractivity contribution in [3.05, 3.63) is 59.0 Å². The zero-order valence-electron chi connectivity index (χ0n) is 16.8. The molecule has 0 aliphatic carbocycles. The first kappa shape index (κ1) is 19.5. The topological polar surface area (TPSA) is 72.3 Å². The number of hydrogen-bond acceptors (Lipinski definition) is 6. The van der Waals surface area contributed by atoms with Gasteiger partial charge >= 0.3 is 0 Å². The van der Waals surface area contributed by atoms with Gasteiger partial charge < -0.3 is 15.0 Å². The summed E-state index contributed by atoms with van der Waals surface area (Å²) in [4.78, 5) is 24.3. The minimum atomic E-state index is -0.0741. The maximum absolute atomic E-state index is 12.5. The number of piperidine rings is 1. The van der Waals surface area contributed by atoms with E-state index >= 15 is 0 Å². The molecule has 1 saturated heterocycles. The minimum absolute atomic E-state index is 0.0741. The number of nitrogens with zero attached hydrogens (tertiary/aromatic N) is 4. The quantitative estimate of drug-likeness (QED) is 0.623. The van der Waals surface area contributed by atoms with Crippen molar-refractivity contribution in [3.8, 4) is 0 Å². The van der Waals surface area contributed by atoms with E-state index in [1.165, 1.54) is 0 Å². The van der Waals surface area contributed by atoms with Crippen LogP contribution in [0.4, 0.5) is 11.6 Å². The minimum Gasteiger partial charge on any atom is -0.380 e. The van der Waals surface area contributed by atoms with E-state index in [4.69, 9.17) is 9.72 Å². The zero-order chi connectivity index (χ0) is 20.1. The van der Waals surface area contributed by atoms with Gasteiger partial charge in [0.25, 0.3) is 5.56 Å². The highest BCUT2D eigenvalue weighted by molar-refractivity contribution is 5.76. The Balaban J connectivity index is 1.79. The van der Waals surface area contributed by atoms with Crippen molar-refractivity contribution in [1.29, 1.82) is 0 Å². The molecule has 0 unspecified atom stereocenters. The number of benzene rings is 1. The van der Waals surface area contributed by atoms with E-state index in [1.54, 1.807) is 16.7 Å². The monoisotopic (exact) mass is 393 g/mol. The van der Waals surface area contributed by atoms with Crippen LogP contribution in [0, 0.1) is 0 Å². The second kappa shape index (κ2) is 9.15. The molecular formula is C22H27N5O2. The molecule has 1 aromatic carbocycles. The maximum Gasteiger partial charge on any atom is 0.252 e. The number of hydrogen-bond donors (Lipinski definition) is 1. The van der Waals surface area contributed by atoms with Gasteiger partial charge in [-0.3, -0.25) is 9.36 Å². The van der Waals surface area contributed by atoms with Crippen molar-refractivity contribution in [2.75, 3.05) is 31.2 Å². The first-order valence-corrected chi connectivity index (χ1v) is 10.3. The summed E-state index contributed by atoms with van der Waals surface area (Å²) >= 11 is 0. The van der Waals surface area contributed by atoms with Crippen LogP contribution in [0.3, 0.4) is 0 Å². The van der Waals surface area contributed by atoms with Crippen molar-refractivity contribution in [3.63, 3.8) is 0 Å². The maximum atomic E-state index is 12.5. The summed E-state index contributed by atoms with van der Waals surface area (Å²) in [7, 11) is 0. The van der Waals surface area contributed by atoms with Crippen LogP contribution in [0.5, 0.6) is 0 Å². The Labute approximate surface area is 170 Å². The predicted molar refractivity (Wildman–Crippen MR) is 115 cm³/mol. The molecular weight excluding hydrogens is 366 g/mol. The van der Waals surface area contributed by atoms with Crippen LogP contribution in [0.15, 0.2) is 53.5 Å². The standard InChI is InChI=1S/C22H27N5O2/c1-2-29-15-14-26-20(28)9-8-17-16-24-22(25-21(17)26)27(18-6-4-3-5-7-18)19-10-12-23-13-11-19/h3-9,16,19,23H,2,10-15H2,1H3. The average molecular weight is 393 g/mol. The molecule has 3 aromatic rings. The van der Waals surface area contributed by atoms with Crippen LogP contribution in [0.1, 0.15) is 19.8 Å². The lowest BCUT2D eigenvalue weighted by molar-refractivity contribution is 0.139. The molecule has 0 bridgehead atoms. The lowest BCUT2D eigenvalue weighted by Crippen LogP contribution is -2.41. The van der Waals surface area contributed by atoms with Crippen molar-refractivity contribution >= 4 is 22.7 Å². The average Bonchev–Trinajstić information content (AvgIpc) is 2.77. The van der Waals surface area contributed by atoms with Crippen LogP contribution in [0.25, 0.3) is 11.0 Å². The van der Waals surface area contributed by atoms with E-state index in [2.05, 4.69) is 27.3 Å². The van der Waals surface area contributed by atoms with E-state index in [-0.39, 0.29) is 5.56 Å². The van der Waals surface area contributed by atoms with E-state index in [0.717, 1.165) is 37.0 Å². The third-order valence-corrected chi connectivity index (χ3v) is 5.30. The van der Waals surface area contributed by atoms with Gasteiger partial charge in [0.2, 0.25) is 5.95 Å². The third-order valence-electron chi connectivity index (χ3n) is 5.30. The zero-order valence-corrected chi connectivity index (χ0v) is 16.8. The SMILES string of the molecule is CCOCCn1c(=O)ccc2cnc(N(c3ccccc3)C3CCNCC3)nc21. The molecule has 0 amide bonds. The Morgan fingerprint density at radius 2 is 1.97 bits per heavy atom. The van der Waals surface area contributed by atoms with Gasteiger partial charge in [-0.1, -0.05) is 18.2 Å². The fraction of sp³-hybridized carbons (Fsp3) is 0.409. The van der Waals surface area contributed by atoms with Crippen LogP contribution < -0.4 is 15.8 Å². The molecule has 4 rings (SSSR count). The van der Waals surface area contributed by atoms with E-state index < -0.39 is 0 Å². The fourth-order valence-corrected chi connectivity index (χ4v) is 3.84. The Hall–Kier alpha value is -2.77. The highest BCUT2D eigenvalue weighted by Crippen LogP contribution is 2.29. The number of rotatable bonds is 7. The van der Waals surface area contributed by atoms with Gasteiger partial charge in [0.15, 0.2) is 0 Å². The van der Waals surface area contributed by atoms with Gasteiger partial charge in [0, 0.05) is 36.0 Å². The fourth-order valence-electron chi connectivity index (χ4n) is 3.84. The lowest BCUT2D eigenvalue weighted by atomic mass is 10.0. The summed E-state index contributed by atoms with van der Waals surface area (Å²) in [6.07, 6.45) is 3.84. The van der Waals surface area contributed by atoms with E-state index in [0.29, 0.717) is 37.4 Å². The van der Waals surface area contributed by atoms with Crippen LogP contribution in [-0.2, 0) is 11.3 Å². The second-order valence-electron chi connectivity index (χ2n) is 7.16. The molecule has 1 aliphatic rings. The van der Waals surface area contributed by atoms with Gasteiger partial charge in [0.1, 0.15) is 5.65 Å². The number of ether oxygens (including phenoxy) is 1. The molecule has 0 spiro atoms. The van der Waals surface area contributed by atoms with E-state index in [9.17, 15) is 4.79 Å². The summed E-state index contributed by atoms with van der Waals surface area (Å²) < 4.78 is 7.15. The smallest absolute Gasteiger partial charge is 0.252 e. The first-order chi connectivity index (χ1) is 14.3. The van der Waals surface area contributed by atoms with E-state index in [1.807, 2.05) is 31.3 Å². The lowest BCUT2D eigenvalue weighted by Gasteiger charge is -2.34. The molecule has 2 aromatic heterocycles. The summed E-state index contributed by atoms with van der Waals surface area (Å²) in [5, 5.41) is 4.27. The third kappa shape index (κ3) is 4.31. The van der Waals surface area contributed by atoms with Gasteiger partial charge in [-0.25, -0.2) is 4.98 Å². The first-order valence-electron chi connectivity index (χ1n) is 10.3. The van der Waals surface area contributed by atoms with Gasteiger partial charge in [-0.05, 0) is 51.1 Å². The largest absolute Gasteiger partial charge is 0.380 e. The highest BCUT2D eigenvalue weighted by Gasteiger charge is 2.25. The summed E-state index contributed by atoms with van der Waals surface area (Å²) in [6.45, 7) is 5.46. The molecule has 0 atom stereocenters. The number of nitrogens with one attached hydrogen (secondary N) is 1. The van der Waals surface area contributed by atoms with Gasteiger partial charge in [0.05, 0.1) is 13.2 Å². The Morgan fingerprint density at radius 1 is 1.17 bits per heavy atom. The number of pyridine rings is 1. The molecule has 152 valence electrons. The summed E-state index contributed by atoms with van der Waals surface area (Å²) in [6, 6.07) is 13.9. The second-order valence-corrected chi connectivity index (χ2v) is 7.16. The molecule has 29 heavy (non-hydrogen) atoms.